The Balaban J connectivity index is 2.13. The summed E-state index contributed by atoms with van der Waals surface area (Å²) in [5.74, 6) is -1.07. The number of nitrogens with zero attached hydrogens (tertiary/aromatic N) is 3. The van der Waals surface area contributed by atoms with Crippen LogP contribution in [0.15, 0.2) is 58.1 Å². The summed E-state index contributed by atoms with van der Waals surface area (Å²) in [5.41, 5.74) is 1.42. The van der Waals surface area contributed by atoms with Gasteiger partial charge in [-0.1, -0.05) is 41.7 Å². The van der Waals surface area contributed by atoms with Crippen LogP contribution in [0.5, 0.6) is 0 Å². The fraction of sp³-hybridized carbons (Fsp3) is 0.0526. The molecule has 0 amide bonds. The van der Waals surface area contributed by atoms with Crippen LogP contribution in [0, 0.1) is 0 Å². The molecule has 5 rings (SSSR count). The Morgan fingerprint density at radius 3 is 2.52 bits per heavy atom. The summed E-state index contributed by atoms with van der Waals surface area (Å²) in [6.45, 7) is -0.378. The van der Waals surface area contributed by atoms with Gasteiger partial charge in [0.05, 0.1) is 21.3 Å². The van der Waals surface area contributed by atoms with Crippen molar-refractivity contribution in [3.8, 4) is 0 Å². The number of benzene rings is 2. The van der Waals surface area contributed by atoms with Crippen molar-refractivity contribution in [2.75, 3.05) is 0 Å². The number of hydrogen-bond donors (Lipinski definition) is 1. The molecule has 0 aliphatic heterocycles. The number of para-hydroxylation sites is 3. The van der Waals surface area contributed by atoms with Crippen molar-refractivity contribution in [1.82, 2.24) is 14.0 Å². The van der Waals surface area contributed by atoms with Crippen LogP contribution in [0.25, 0.3) is 37.8 Å². The average molecular weight is 377 g/mol. The molecule has 3 heterocycles. The Labute approximate surface area is 154 Å². The highest BCUT2D eigenvalue weighted by Gasteiger charge is 2.19. The minimum absolute atomic E-state index is 0.00175. The smallest absolute Gasteiger partial charge is 0.323 e. The second-order valence-corrected chi connectivity index (χ2v) is 7.09. The minimum atomic E-state index is -1.07. The van der Waals surface area contributed by atoms with E-state index in [-0.39, 0.29) is 22.6 Å². The fourth-order valence-electron chi connectivity index (χ4n) is 3.50. The first-order valence-corrected chi connectivity index (χ1v) is 8.95. The predicted octanol–water partition coefficient (Wildman–Crippen LogP) is 2.46. The molecule has 0 atom stereocenters. The van der Waals surface area contributed by atoms with Crippen molar-refractivity contribution in [3.05, 3.63) is 68.4 Å². The molecular weight excluding hydrogens is 366 g/mol. The van der Waals surface area contributed by atoms with Crippen molar-refractivity contribution in [2.45, 2.75) is 6.54 Å². The maximum Gasteiger partial charge on any atom is 0.323 e. The zero-order chi connectivity index (χ0) is 18.7. The Morgan fingerprint density at radius 1 is 1.04 bits per heavy atom. The van der Waals surface area contributed by atoms with Gasteiger partial charge < -0.3 is 9.67 Å². The Kier molecular flexibility index (Phi) is 3.19. The lowest BCUT2D eigenvalue weighted by Crippen LogP contribution is -2.14. The van der Waals surface area contributed by atoms with E-state index in [0.29, 0.717) is 26.6 Å². The lowest BCUT2D eigenvalue weighted by atomic mass is 10.2. The maximum atomic E-state index is 13.4. The number of carboxylic acid groups (broad SMARTS) is 1. The fourth-order valence-corrected chi connectivity index (χ4v) is 4.53. The molecule has 0 aliphatic rings. The Hall–Kier alpha value is -3.52. The lowest BCUT2D eigenvalue weighted by Gasteiger charge is -2.01. The van der Waals surface area contributed by atoms with E-state index in [1.54, 1.807) is 48.5 Å². The summed E-state index contributed by atoms with van der Waals surface area (Å²) in [4.78, 5) is 41.7. The lowest BCUT2D eigenvalue weighted by molar-refractivity contribution is -0.137. The second kappa shape index (κ2) is 5.49. The normalized spacial score (nSPS) is 11.7. The highest BCUT2D eigenvalue weighted by Crippen LogP contribution is 2.28. The molecule has 8 heteroatoms. The topological polar surface area (TPSA) is 93.7 Å². The predicted molar refractivity (Wildman–Crippen MR) is 104 cm³/mol. The third-order valence-electron chi connectivity index (χ3n) is 4.57. The van der Waals surface area contributed by atoms with Gasteiger partial charge in [-0.05, 0) is 18.2 Å². The molecule has 0 saturated heterocycles. The summed E-state index contributed by atoms with van der Waals surface area (Å²) in [7, 11) is 0. The van der Waals surface area contributed by atoms with Crippen LogP contribution in [0.1, 0.15) is 0 Å². The van der Waals surface area contributed by atoms with Gasteiger partial charge in [-0.25, -0.2) is 9.38 Å². The van der Waals surface area contributed by atoms with Crippen LogP contribution < -0.4 is 10.3 Å². The Bertz CT molecular complexity index is 1530. The highest BCUT2D eigenvalue weighted by molar-refractivity contribution is 7.17. The van der Waals surface area contributed by atoms with Crippen LogP contribution >= 0.6 is 11.3 Å². The number of aliphatic carboxylic acids is 1. The van der Waals surface area contributed by atoms with E-state index in [4.69, 9.17) is 0 Å². The van der Waals surface area contributed by atoms with E-state index >= 15 is 0 Å². The zero-order valence-corrected chi connectivity index (χ0v) is 14.6. The number of fused-ring (bicyclic) bond motifs is 6. The third kappa shape index (κ3) is 2.13. The molecule has 1 N–H and O–H groups in total. The van der Waals surface area contributed by atoms with E-state index in [1.165, 1.54) is 8.97 Å². The first-order valence-electron chi connectivity index (χ1n) is 8.13. The number of carboxylic acids is 1. The third-order valence-corrected chi connectivity index (χ3v) is 5.54. The molecular formula is C19H11N3O4S. The second-order valence-electron chi connectivity index (χ2n) is 6.13. The van der Waals surface area contributed by atoms with Gasteiger partial charge in [0.1, 0.15) is 12.1 Å². The van der Waals surface area contributed by atoms with Crippen LogP contribution in [-0.4, -0.2) is 25.0 Å². The van der Waals surface area contributed by atoms with E-state index in [2.05, 4.69) is 4.98 Å². The highest BCUT2D eigenvalue weighted by atomic mass is 32.1. The first kappa shape index (κ1) is 15.7. The van der Waals surface area contributed by atoms with Gasteiger partial charge in [-0.2, -0.15) is 0 Å². The van der Waals surface area contributed by atoms with Gasteiger partial charge in [0.15, 0.2) is 5.65 Å². The SMILES string of the molecule is O=C(O)Cn1c2ccccc2c2sc(=O)n3c(nc4ccccc43)c(=O)c21. The molecule has 0 bridgehead atoms. The van der Waals surface area contributed by atoms with Crippen molar-refractivity contribution in [1.29, 1.82) is 0 Å². The standard InChI is InChI=1S/C19H11N3O4S/c23-14(24)9-21-12-7-3-1-5-10(12)17-15(21)16(25)18-20-11-6-2-4-8-13(11)22(18)19(26)27-17/h1-8H,9H2,(H,23,24). The van der Waals surface area contributed by atoms with Gasteiger partial charge in [-0.3, -0.25) is 14.4 Å². The molecule has 0 aliphatic carbocycles. The maximum absolute atomic E-state index is 13.4. The molecule has 2 aromatic carbocycles. The largest absolute Gasteiger partial charge is 0.480 e. The molecule has 0 saturated carbocycles. The summed E-state index contributed by atoms with van der Waals surface area (Å²) in [6.07, 6.45) is 0. The molecule has 5 aromatic rings. The molecule has 0 spiro atoms. The molecule has 0 fully saturated rings. The van der Waals surface area contributed by atoms with Gasteiger partial charge in [0.2, 0.25) is 5.43 Å². The summed E-state index contributed by atoms with van der Waals surface area (Å²) in [6, 6.07) is 14.1. The number of aromatic nitrogens is 3. The van der Waals surface area contributed by atoms with Crippen molar-refractivity contribution >= 4 is 55.1 Å². The molecule has 27 heavy (non-hydrogen) atoms. The van der Waals surface area contributed by atoms with Gasteiger partial charge in [-0.15, -0.1) is 0 Å². The summed E-state index contributed by atoms with van der Waals surface area (Å²) >= 11 is 0.925. The van der Waals surface area contributed by atoms with Crippen LogP contribution in [0.4, 0.5) is 0 Å². The minimum Gasteiger partial charge on any atom is -0.480 e. The Morgan fingerprint density at radius 2 is 1.74 bits per heavy atom. The van der Waals surface area contributed by atoms with Crippen molar-refractivity contribution in [2.24, 2.45) is 0 Å². The van der Waals surface area contributed by atoms with Gasteiger partial charge >= 0.3 is 10.8 Å². The van der Waals surface area contributed by atoms with Crippen LogP contribution in [0.2, 0.25) is 0 Å². The van der Waals surface area contributed by atoms with Gasteiger partial charge in [0.25, 0.3) is 0 Å². The number of hydrogen-bond acceptors (Lipinski definition) is 5. The van der Waals surface area contributed by atoms with E-state index < -0.39 is 11.4 Å². The van der Waals surface area contributed by atoms with Crippen LogP contribution in [-0.2, 0) is 11.3 Å². The first-order chi connectivity index (χ1) is 13.1. The zero-order valence-electron chi connectivity index (χ0n) is 13.7. The van der Waals surface area contributed by atoms with E-state index in [0.717, 1.165) is 11.3 Å². The molecule has 0 unspecified atom stereocenters. The van der Waals surface area contributed by atoms with Gasteiger partial charge in [0, 0.05) is 5.39 Å². The van der Waals surface area contributed by atoms with Crippen LogP contribution in [0.3, 0.4) is 0 Å². The number of imidazole rings is 1. The number of carbonyl (C=O) groups is 1. The molecule has 0 radical (unpaired) electrons. The quantitative estimate of drug-likeness (QED) is 0.510. The van der Waals surface area contributed by atoms with Crippen molar-refractivity contribution in [3.63, 3.8) is 0 Å². The van der Waals surface area contributed by atoms with E-state index in [1.807, 2.05) is 0 Å². The molecule has 132 valence electrons. The monoisotopic (exact) mass is 377 g/mol. The molecule has 7 nitrogen and oxygen atoms in total. The van der Waals surface area contributed by atoms with Crippen molar-refractivity contribution < 1.29 is 9.90 Å². The number of rotatable bonds is 2. The molecule has 3 aromatic heterocycles. The average Bonchev–Trinajstić information content (AvgIpc) is 3.15. The summed E-state index contributed by atoms with van der Waals surface area (Å²) < 4.78 is 3.23. The van der Waals surface area contributed by atoms with E-state index in [9.17, 15) is 19.5 Å². The summed E-state index contributed by atoms with van der Waals surface area (Å²) in [5, 5.41) is 10.0.